The lowest BCUT2D eigenvalue weighted by atomic mass is 9.67. The summed E-state index contributed by atoms with van der Waals surface area (Å²) in [5.41, 5.74) is -0.733. The fourth-order valence-corrected chi connectivity index (χ4v) is 3.25. The topological polar surface area (TPSA) is 40.5 Å². The zero-order valence-corrected chi connectivity index (χ0v) is 8.75. The number of fused-ring (bicyclic) bond motifs is 2. The van der Waals surface area contributed by atoms with Crippen LogP contribution in [0.2, 0.25) is 0 Å². The molecule has 2 fully saturated rings. The van der Waals surface area contributed by atoms with Crippen LogP contribution >= 0.6 is 0 Å². The quantitative estimate of drug-likeness (QED) is 0.599. The third-order valence-electron chi connectivity index (χ3n) is 4.14. The van der Waals surface area contributed by atoms with Crippen LogP contribution in [0.5, 0.6) is 0 Å². The van der Waals surface area contributed by atoms with Crippen molar-refractivity contribution in [2.45, 2.75) is 51.7 Å². The summed E-state index contributed by atoms with van der Waals surface area (Å²) >= 11 is 0. The maximum atomic E-state index is 10.5. The van der Waals surface area contributed by atoms with Gasteiger partial charge in [0.15, 0.2) is 0 Å². The minimum absolute atomic E-state index is 0.103. The Morgan fingerprint density at radius 2 is 1.85 bits per heavy atom. The van der Waals surface area contributed by atoms with Crippen LogP contribution in [-0.4, -0.2) is 21.9 Å². The van der Waals surface area contributed by atoms with Crippen LogP contribution in [0.15, 0.2) is 0 Å². The Hall–Kier alpha value is -0.0800. The van der Waals surface area contributed by atoms with Crippen molar-refractivity contribution in [3.63, 3.8) is 0 Å². The average molecular weight is 184 g/mol. The van der Waals surface area contributed by atoms with Gasteiger partial charge in [0.1, 0.15) is 0 Å². The molecule has 2 nitrogen and oxygen atoms in total. The Kier molecular flexibility index (Phi) is 1.81. The predicted molar refractivity (Wildman–Crippen MR) is 51.2 cm³/mol. The van der Waals surface area contributed by atoms with E-state index in [9.17, 15) is 10.2 Å². The Morgan fingerprint density at radius 1 is 1.23 bits per heavy atom. The van der Waals surface area contributed by atoms with E-state index in [1.165, 1.54) is 0 Å². The number of hydrogen-bond acceptors (Lipinski definition) is 2. The van der Waals surface area contributed by atoms with E-state index in [2.05, 4.69) is 20.8 Å². The first kappa shape index (κ1) is 9.47. The van der Waals surface area contributed by atoms with E-state index in [0.717, 1.165) is 19.3 Å². The van der Waals surface area contributed by atoms with Gasteiger partial charge in [-0.3, -0.25) is 0 Å². The van der Waals surface area contributed by atoms with E-state index >= 15 is 0 Å². The molecule has 2 N–H and O–H groups in total. The monoisotopic (exact) mass is 184 g/mol. The minimum Gasteiger partial charge on any atom is -0.393 e. The van der Waals surface area contributed by atoms with Crippen molar-refractivity contribution in [1.82, 2.24) is 0 Å². The van der Waals surface area contributed by atoms with E-state index < -0.39 is 5.60 Å². The van der Waals surface area contributed by atoms with Gasteiger partial charge in [0.25, 0.3) is 0 Å². The molecule has 4 atom stereocenters. The summed E-state index contributed by atoms with van der Waals surface area (Å²) in [7, 11) is 0. The third kappa shape index (κ3) is 1.15. The van der Waals surface area contributed by atoms with Crippen molar-refractivity contribution in [2.24, 2.45) is 17.3 Å². The van der Waals surface area contributed by atoms with Crippen LogP contribution in [0.4, 0.5) is 0 Å². The van der Waals surface area contributed by atoms with Gasteiger partial charge in [0.2, 0.25) is 0 Å². The summed E-state index contributed by atoms with van der Waals surface area (Å²) in [5, 5.41) is 20.3. The summed E-state index contributed by atoms with van der Waals surface area (Å²) in [6.45, 7) is 6.21. The molecule has 2 aliphatic rings. The predicted octanol–water partition coefficient (Wildman–Crippen LogP) is 1.55. The van der Waals surface area contributed by atoms with Gasteiger partial charge in [-0.1, -0.05) is 20.8 Å². The highest BCUT2D eigenvalue weighted by atomic mass is 16.3. The van der Waals surface area contributed by atoms with Crippen LogP contribution in [0, 0.1) is 17.3 Å². The van der Waals surface area contributed by atoms with E-state index in [0.29, 0.717) is 5.92 Å². The molecule has 2 rings (SSSR count). The number of aliphatic hydroxyl groups is 2. The van der Waals surface area contributed by atoms with E-state index in [1.54, 1.807) is 0 Å². The first-order chi connectivity index (χ1) is 5.84. The molecule has 0 spiro atoms. The molecular weight excluding hydrogens is 164 g/mol. The largest absolute Gasteiger partial charge is 0.393 e. The van der Waals surface area contributed by atoms with E-state index in [1.807, 2.05) is 0 Å². The van der Waals surface area contributed by atoms with Crippen LogP contribution in [0.25, 0.3) is 0 Å². The molecule has 0 aromatic rings. The molecule has 0 saturated heterocycles. The van der Waals surface area contributed by atoms with Crippen molar-refractivity contribution in [3.8, 4) is 0 Å². The van der Waals surface area contributed by atoms with Crippen molar-refractivity contribution < 1.29 is 10.2 Å². The fourth-order valence-electron chi connectivity index (χ4n) is 3.25. The first-order valence-corrected chi connectivity index (χ1v) is 5.25. The molecule has 76 valence electrons. The van der Waals surface area contributed by atoms with Crippen LogP contribution in [0.1, 0.15) is 40.0 Å². The van der Waals surface area contributed by atoms with Gasteiger partial charge < -0.3 is 10.2 Å². The van der Waals surface area contributed by atoms with Crippen LogP contribution in [-0.2, 0) is 0 Å². The summed E-state index contributed by atoms with van der Waals surface area (Å²) < 4.78 is 0. The van der Waals surface area contributed by atoms with Crippen molar-refractivity contribution in [3.05, 3.63) is 0 Å². The molecule has 0 aromatic heterocycles. The summed E-state index contributed by atoms with van der Waals surface area (Å²) in [5.74, 6) is 0.682. The Morgan fingerprint density at radius 3 is 2.15 bits per heavy atom. The van der Waals surface area contributed by atoms with Crippen molar-refractivity contribution in [1.29, 1.82) is 0 Å². The molecule has 0 radical (unpaired) electrons. The number of hydrogen-bond donors (Lipinski definition) is 2. The smallest absolute Gasteiger partial charge is 0.0751 e. The van der Waals surface area contributed by atoms with Gasteiger partial charge in [0, 0.05) is 5.92 Å². The van der Waals surface area contributed by atoms with Crippen molar-refractivity contribution in [2.75, 3.05) is 0 Å². The molecule has 2 saturated carbocycles. The molecular formula is C11H20O2. The fraction of sp³-hybridized carbons (Fsp3) is 1.00. The zero-order chi connectivity index (χ0) is 9.85. The lowest BCUT2D eigenvalue weighted by Gasteiger charge is -2.45. The molecule has 0 aliphatic heterocycles. The van der Waals surface area contributed by atoms with Gasteiger partial charge in [-0.05, 0) is 30.6 Å². The Bertz CT molecular complexity index is 219. The summed E-state index contributed by atoms with van der Waals surface area (Å²) in [6, 6.07) is 0. The second-order valence-electron chi connectivity index (χ2n) is 5.89. The summed E-state index contributed by atoms with van der Waals surface area (Å²) in [6.07, 6.45) is 2.55. The third-order valence-corrected chi connectivity index (χ3v) is 4.14. The molecule has 0 aromatic carbocycles. The number of rotatable bonds is 0. The SMILES string of the molecule is CC(C)(C)C1(O)CC2CC(O)C1C2. The van der Waals surface area contributed by atoms with Gasteiger partial charge >= 0.3 is 0 Å². The van der Waals surface area contributed by atoms with Crippen molar-refractivity contribution >= 4 is 0 Å². The highest BCUT2D eigenvalue weighted by Crippen LogP contribution is 2.57. The lowest BCUT2D eigenvalue weighted by Crippen LogP contribution is -2.51. The molecule has 2 heteroatoms. The Balaban J connectivity index is 2.27. The summed E-state index contributed by atoms with van der Waals surface area (Å²) in [4.78, 5) is 0. The lowest BCUT2D eigenvalue weighted by molar-refractivity contribution is -0.132. The average Bonchev–Trinajstić information content (AvgIpc) is 2.41. The second kappa shape index (κ2) is 2.48. The molecule has 0 heterocycles. The minimum atomic E-state index is -0.630. The van der Waals surface area contributed by atoms with Gasteiger partial charge in [-0.25, -0.2) is 0 Å². The number of aliphatic hydroxyl groups excluding tert-OH is 1. The highest BCUT2D eigenvalue weighted by Gasteiger charge is 2.59. The second-order valence-corrected chi connectivity index (χ2v) is 5.89. The van der Waals surface area contributed by atoms with Gasteiger partial charge in [0.05, 0.1) is 11.7 Å². The molecule has 2 aliphatic carbocycles. The molecule has 2 bridgehead atoms. The van der Waals surface area contributed by atoms with E-state index in [-0.39, 0.29) is 17.4 Å². The zero-order valence-electron chi connectivity index (χ0n) is 8.75. The molecule has 13 heavy (non-hydrogen) atoms. The van der Waals surface area contributed by atoms with Crippen LogP contribution < -0.4 is 0 Å². The maximum absolute atomic E-state index is 10.5. The van der Waals surface area contributed by atoms with E-state index in [4.69, 9.17) is 0 Å². The highest BCUT2D eigenvalue weighted by molar-refractivity contribution is 5.09. The Labute approximate surface area is 80.0 Å². The molecule has 0 amide bonds. The van der Waals surface area contributed by atoms with Gasteiger partial charge in [-0.15, -0.1) is 0 Å². The molecule has 4 unspecified atom stereocenters. The normalized spacial score (nSPS) is 50.1. The first-order valence-electron chi connectivity index (χ1n) is 5.25. The maximum Gasteiger partial charge on any atom is 0.0751 e. The standard InChI is InChI=1S/C11H20O2/c1-10(2,3)11(13)6-7-4-8(11)9(12)5-7/h7-9,12-13H,4-6H2,1-3H3. The van der Waals surface area contributed by atoms with Crippen LogP contribution in [0.3, 0.4) is 0 Å². The van der Waals surface area contributed by atoms with Gasteiger partial charge in [-0.2, -0.15) is 0 Å².